The molecule has 29 heavy (non-hydrogen) atoms. The van der Waals surface area contributed by atoms with Crippen LogP contribution in [0.1, 0.15) is 37.3 Å². The summed E-state index contributed by atoms with van der Waals surface area (Å²) in [5, 5.41) is 11.5. The molecule has 0 aliphatic heterocycles. The molecule has 1 aliphatic carbocycles. The number of amides is 1. The molecule has 8 nitrogen and oxygen atoms in total. The average Bonchev–Trinajstić information content (AvgIpc) is 3.45. The first-order valence-corrected chi connectivity index (χ1v) is 10.5. The van der Waals surface area contributed by atoms with Crippen LogP contribution < -0.4 is 10.9 Å². The van der Waals surface area contributed by atoms with Gasteiger partial charge in [-0.15, -0.1) is 10.2 Å². The number of carbonyl (C=O) groups is 1. The number of rotatable bonds is 6. The van der Waals surface area contributed by atoms with Crippen LogP contribution in [0.4, 0.5) is 5.69 Å². The molecule has 1 saturated carbocycles. The van der Waals surface area contributed by atoms with Gasteiger partial charge in [0.1, 0.15) is 11.5 Å². The van der Waals surface area contributed by atoms with Crippen molar-refractivity contribution in [1.82, 2.24) is 24.1 Å². The third-order valence-electron chi connectivity index (χ3n) is 5.20. The van der Waals surface area contributed by atoms with Crippen molar-refractivity contribution < 1.29 is 4.79 Å². The summed E-state index contributed by atoms with van der Waals surface area (Å²) < 4.78 is 5.40. The smallest absolute Gasteiger partial charge is 0.295 e. The van der Waals surface area contributed by atoms with Gasteiger partial charge in [-0.3, -0.25) is 14.3 Å². The van der Waals surface area contributed by atoms with E-state index in [1.807, 2.05) is 51.1 Å². The number of hydrogen-bond donors (Lipinski definition) is 1. The average molecular weight is 413 g/mol. The Hall–Kier alpha value is -2.81. The quantitative estimate of drug-likeness (QED) is 0.629. The second kappa shape index (κ2) is 7.55. The topological polar surface area (TPSA) is 86.7 Å². The number of hydrogen-bond acceptors (Lipinski definition) is 5. The highest BCUT2D eigenvalue weighted by Crippen LogP contribution is 2.39. The van der Waals surface area contributed by atoms with Gasteiger partial charge in [-0.1, -0.05) is 30.0 Å². The van der Waals surface area contributed by atoms with Crippen LogP contribution in [0.15, 0.2) is 40.3 Å². The number of thioether (sulfide) groups is 1. The Morgan fingerprint density at radius 2 is 1.90 bits per heavy atom. The van der Waals surface area contributed by atoms with Gasteiger partial charge in [-0.05, 0) is 45.7 Å². The zero-order valence-electron chi connectivity index (χ0n) is 16.9. The maximum absolute atomic E-state index is 13.0. The minimum atomic E-state index is -0.416. The Labute approximate surface area is 172 Å². The molecule has 0 bridgehead atoms. The van der Waals surface area contributed by atoms with Crippen molar-refractivity contribution in [3.8, 4) is 5.69 Å². The van der Waals surface area contributed by atoms with Crippen molar-refractivity contribution in [3.05, 3.63) is 52.2 Å². The molecule has 2 heterocycles. The molecule has 9 heteroatoms. The molecule has 2 aromatic heterocycles. The summed E-state index contributed by atoms with van der Waals surface area (Å²) in [6.45, 7) is 5.57. The van der Waals surface area contributed by atoms with Crippen molar-refractivity contribution in [3.63, 3.8) is 0 Å². The van der Waals surface area contributed by atoms with Crippen LogP contribution in [0.2, 0.25) is 0 Å². The van der Waals surface area contributed by atoms with Crippen LogP contribution in [0.3, 0.4) is 0 Å². The van der Waals surface area contributed by atoms with Crippen molar-refractivity contribution in [2.75, 3.05) is 5.32 Å². The fourth-order valence-electron chi connectivity index (χ4n) is 3.33. The van der Waals surface area contributed by atoms with Gasteiger partial charge in [0, 0.05) is 13.1 Å². The third kappa shape index (κ3) is 3.62. The predicted octanol–water partition coefficient (Wildman–Crippen LogP) is 2.84. The largest absolute Gasteiger partial charge is 0.319 e. The van der Waals surface area contributed by atoms with Gasteiger partial charge in [0.25, 0.3) is 5.56 Å². The van der Waals surface area contributed by atoms with E-state index < -0.39 is 5.25 Å². The molecule has 1 aromatic carbocycles. The van der Waals surface area contributed by atoms with Crippen molar-refractivity contribution in [2.45, 2.75) is 50.1 Å². The lowest BCUT2D eigenvalue weighted by Gasteiger charge is -2.12. The van der Waals surface area contributed by atoms with Gasteiger partial charge in [0.05, 0.1) is 16.6 Å². The van der Waals surface area contributed by atoms with Crippen LogP contribution in [-0.2, 0) is 11.8 Å². The number of aryl methyl sites for hydroxylation is 1. The molecule has 1 fully saturated rings. The number of nitrogens with one attached hydrogen (secondary N) is 1. The van der Waals surface area contributed by atoms with E-state index in [1.54, 1.807) is 16.4 Å². The van der Waals surface area contributed by atoms with Gasteiger partial charge in [0.2, 0.25) is 5.91 Å². The maximum atomic E-state index is 13.0. The molecule has 0 radical (unpaired) electrons. The number of anilines is 1. The second-order valence-electron chi connectivity index (χ2n) is 7.32. The fraction of sp³-hybridized carbons (Fsp3) is 0.400. The standard InChI is InChI=1S/C20H24N6O2S/c1-12-17(19(28)26(24(12)4)16-8-6-5-7-9-16)21-18(27)13(2)29-20-23-22-14(3)25(20)15-10-11-15/h5-9,13,15H,10-11H2,1-4H3,(H,21,27)/t13-/m0/s1. The van der Waals surface area contributed by atoms with Crippen molar-refractivity contribution in [2.24, 2.45) is 7.05 Å². The molecular weight excluding hydrogens is 388 g/mol. The molecule has 4 rings (SSSR count). The van der Waals surface area contributed by atoms with E-state index in [0.717, 1.165) is 29.5 Å². The maximum Gasteiger partial charge on any atom is 0.295 e. The van der Waals surface area contributed by atoms with Crippen LogP contribution in [0, 0.1) is 13.8 Å². The number of para-hydroxylation sites is 1. The third-order valence-corrected chi connectivity index (χ3v) is 6.26. The molecule has 1 atom stereocenters. The van der Waals surface area contributed by atoms with Crippen LogP contribution >= 0.6 is 11.8 Å². The summed E-state index contributed by atoms with van der Waals surface area (Å²) in [6, 6.07) is 9.81. The van der Waals surface area contributed by atoms with Crippen molar-refractivity contribution in [1.29, 1.82) is 0 Å². The number of carbonyl (C=O) groups excluding carboxylic acids is 1. The van der Waals surface area contributed by atoms with E-state index in [-0.39, 0.29) is 11.5 Å². The van der Waals surface area contributed by atoms with Gasteiger partial charge in [-0.2, -0.15) is 0 Å². The summed E-state index contributed by atoms with van der Waals surface area (Å²) in [6.07, 6.45) is 2.24. The fourth-order valence-corrected chi connectivity index (χ4v) is 4.30. The number of aromatic nitrogens is 5. The summed E-state index contributed by atoms with van der Waals surface area (Å²) in [5.74, 6) is 0.635. The number of nitrogens with zero attached hydrogens (tertiary/aromatic N) is 5. The van der Waals surface area contributed by atoms with E-state index in [1.165, 1.54) is 11.8 Å². The zero-order chi connectivity index (χ0) is 20.7. The van der Waals surface area contributed by atoms with E-state index in [2.05, 4.69) is 20.1 Å². The molecular formula is C20H24N6O2S. The molecule has 1 N–H and O–H groups in total. The molecule has 0 spiro atoms. The monoisotopic (exact) mass is 412 g/mol. The van der Waals surface area contributed by atoms with Crippen LogP contribution in [0.5, 0.6) is 0 Å². The Bertz CT molecular complexity index is 1110. The lowest BCUT2D eigenvalue weighted by Crippen LogP contribution is -2.27. The Balaban J connectivity index is 1.55. The number of benzene rings is 1. The first kappa shape index (κ1) is 19.5. The molecule has 0 saturated heterocycles. The molecule has 152 valence electrons. The highest BCUT2D eigenvalue weighted by atomic mass is 32.2. The molecule has 3 aromatic rings. The lowest BCUT2D eigenvalue weighted by atomic mass is 10.3. The van der Waals surface area contributed by atoms with Crippen LogP contribution in [-0.4, -0.2) is 35.3 Å². The minimum absolute atomic E-state index is 0.232. The highest BCUT2D eigenvalue weighted by molar-refractivity contribution is 8.00. The molecule has 1 amide bonds. The second-order valence-corrected chi connectivity index (χ2v) is 8.62. The van der Waals surface area contributed by atoms with E-state index in [0.29, 0.717) is 17.4 Å². The highest BCUT2D eigenvalue weighted by Gasteiger charge is 2.30. The minimum Gasteiger partial charge on any atom is -0.319 e. The Morgan fingerprint density at radius 3 is 2.55 bits per heavy atom. The van der Waals surface area contributed by atoms with Gasteiger partial charge in [-0.25, -0.2) is 4.68 Å². The van der Waals surface area contributed by atoms with Gasteiger partial charge in [0.15, 0.2) is 5.16 Å². The normalized spacial score (nSPS) is 14.8. The van der Waals surface area contributed by atoms with Gasteiger partial charge < -0.3 is 9.88 Å². The first-order valence-electron chi connectivity index (χ1n) is 9.61. The van der Waals surface area contributed by atoms with E-state index in [9.17, 15) is 9.59 Å². The SMILES string of the molecule is Cc1nnc(S[C@@H](C)C(=O)Nc2c(C)n(C)n(-c3ccccc3)c2=O)n1C1CC1. The predicted molar refractivity (Wildman–Crippen MR) is 113 cm³/mol. The lowest BCUT2D eigenvalue weighted by molar-refractivity contribution is -0.115. The summed E-state index contributed by atoms with van der Waals surface area (Å²) in [7, 11) is 1.80. The summed E-state index contributed by atoms with van der Waals surface area (Å²) in [4.78, 5) is 25.8. The van der Waals surface area contributed by atoms with Crippen molar-refractivity contribution >= 4 is 23.4 Å². The van der Waals surface area contributed by atoms with Gasteiger partial charge >= 0.3 is 0 Å². The zero-order valence-corrected chi connectivity index (χ0v) is 17.7. The molecule has 1 aliphatic rings. The van der Waals surface area contributed by atoms with E-state index >= 15 is 0 Å². The first-order chi connectivity index (χ1) is 13.9. The van der Waals surface area contributed by atoms with Crippen LogP contribution in [0.25, 0.3) is 5.69 Å². The summed E-state index contributed by atoms with van der Waals surface area (Å²) >= 11 is 1.37. The Morgan fingerprint density at radius 1 is 1.21 bits per heavy atom. The Kier molecular flexibility index (Phi) is 5.08. The summed E-state index contributed by atoms with van der Waals surface area (Å²) in [5.41, 5.74) is 1.49. The van der Waals surface area contributed by atoms with E-state index in [4.69, 9.17) is 0 Å². The molecule has 0 unspecified atom stereocenters.